The lowest BCUT2D eigenvalue weighted by atomic mass is 10.1. The van der Waals surface area contributed by atoms with E-state index in [0.717, 1.165) is 55.5 Å². The summed E-state index contributed by atoms with van der Waals surface area (Å²) in [6, 6.07) is 5.96. The van der Waals surface area contributed by atoms with Crippen LogP contribution in [0.5, 0.6) is 0 Å². The molecule has 1 aromatic carbocycles. The summed E-state index contributed by atoms with van der Waals surface area (Å²) in [5.74, 6) is 1.57. The maximum atomic E-state index is 12.5. The highest BCUT2D eigenvalue weighted by atomic mass is 33.1. The van der Waals surface area contributed by atoms with E-state index in [4.69, 9.17) is 0 Å². The predicted molar refractivity (Wildman–Crippen MR) is 124 cm³/mol. The van der Waals surface area contributed by atoms with Gasteiger partial charge in [0.2, 0.25) is 11.8 Å². The van der Waals surface area contributed by atoms with Crippen LogP contribution in [-0.2, 0) is 9.59 Å². The van der Waals surface area contributed by atoms with E-state index in [-0.39, 0.29) is 11.8 Å². The average Bonchev–Trinajstić information content (AvgIpc) is 3.23. The molecule has 0 radical (unpaired) electrons. The topological polar surface area (TPSA) is 52.7 Å². The first-order valence-electron chi connectivity index (χ1n) is 10.7. The summed E-state index contributed by atoms with van der Waals surface area (Å²) in [4.78, 5) is 29.0. The highest BCUT2D eigenvalue weighted by Crippen LogP contribution is 2.39. The number of hydrogen-bond acceptors (Lipinski definition) is 5. The van der Waals surface area contributed by atoms with Crippen LogP contribution in [0.25, 0.3) is 0 Å². The van der Waals surface area contributed by atoms with Crippen molar-refractivity contribution in [3.63, 3.8) is 0 Å². The molecule has 5 nitrogen and oxygen atoms in total. The van der Waals surface area contributed by atoms with Crippen molar-refractivity contribution in [1.82, 2.24) is 9.80 Å². The summed E-state index contributed by atoms with van der Waals surface area (Å²) < 4.78 is 0. The maximum absolute atomic E-state index is 12.5. The lowest BCUT2D eigenvalue weighted by Crippen LogP contribution is -2.50. The number of benzene rings is 1. The van der Waals surface area contributed by atoms with Gasteiger partial charge in [0.1, 0.15) is 0 Å². The third-order valence-electron chi connectivity index (χ3n) is 5.86. The number of aryl methyl sites for hydroxylation is 1. The van der Waals surface area contributed by atoms with Crippen LogP contribution in [0.2, 0.25) is 0 Å². The molecule has 7 heteroatoms. The van der Waals surface area contributed by atoms with Crippen molar-refractivity contribution < 1.29 is 9.59 Å². The van der Waals surface area contributed by atoms with Crippen LogP contribution in [0, 0.1) is 13.8 Å². The molecule has 1 N–H and O–H groups in total. The number of nitrogens with zero attached hydrogens (tertiary/aromatic N) is 2. The molecular weight excluding hydrogens is 402 g/mol. The van der Waals surface area contributed by atoms with E-state index in [1.165, 1.54) is 24.2 Å². The van der Waals surface area contributed by atoms with Crippen molar-refractivity contribution in [2.24, 2.45) is 0 Å². The third kappa shape index (κ3) is 6.93. The molecule has 0 saturated carbocycles. The zero-order valence-electron chi connectivity index (χ0n) is 17.6. The minimum absolute atomic E-state index is 0.0152. The number of amides is 2. The van der Waals surface area contributed by atoms with Gasteiger partial charge in [0.25, 0.3) is 0 Å². The van der Waals surface area contributed by atoms with Gasteiger partial charge in [-0.25, -0.2) is 0 Å². The van der Waals surface area contributed by atoms with E-state index in [1.807, 2.05) is 58.5 Å². The van der Waals surface area contributed by atoms with Gasteiger partial charge >= 0.3 is 0 Å². The quantitative estimate of drug-likeness (QED) is 0.492. The Morgan fingerprint density at radius 2 is 1.93 bits per heavy atom. The molecule has 0 aromatic heterocycles. The summed E-state index contributed by atoms with van der Waals surface area (Å²) in [7, 11) is 4.00. The van der Waals surface area contributed by atoms with Crippen LogP contribution >= 0.6 is 21.6 Å². The molecule has 0 aliphatic carbocycles. The van der Waals surface area contributed by atoms with E-state index in [9.17, 15) is 9.59 Å². The first kappa shape index (κ1) is 22.5. The minimum Gasteiger partial charge on any atom is -0.340 e. The molecular formula is C22H33N3O2S2. The Bertz CT molecular complexity index is 699. The van der Waals surface area contributed by atoms with Crippen LogP contribution in [-0.4, -0.2) is 65.3 Å². The van der Waals surface area contributed by atoms with E-state index >= 15 is 0 Å². The summed E-state index contributed by atoms with van der Waals surface area (Å²) in [5.41, 5.74) is 3.18. The number of anilines is 1. The second kappa shape index (κ2) is 11.3. The molecule has 160 valence electrons. The van der Waals surface area contributed by atoms with Gasteiger partial charge in [-0.2, -0.15) is 0 Å². The van der Waals surface area contributed by atoms with Crippen LogP contribution in [0.1, 0.15) is 43.2 Å². The van der Waals surface area contributed by atoms with E-state index in [2.05, 4.69) is 10.2 Å². The summed E-state index contributed by atoms with van der Waals surface area (Å²) >= 11 is 0. The Morgan fingerprint density at radius 1 is 1.14 bits per heavy atom. The minimum atomic E-state index is 0.0152. The standard InChI is InChI=1S/C22H33N3O2S2/c1-17-6-5-8-20(18(17)2)23-21(26)16-24-11-13-25(14-12-24)22(27)9-4-3-7-19-10-15-28-29-19/h5-6,8,19H,3-4,7,9-16H2,1-2H3,(H,23,26). The van der Waals surface area contributed by atoms with Crippen molar-refractivity contribution >= 4 is 39.1 Å². The molecule has 2 amide bonds. The smallest absolute Gasteiger partial charge is 0.238 e. The molecule has 2 fully saturated rings. The van der Waals surface area contributed by atoms with Crippen molar-refractivity contribution in [2.75, 3.05) is 43.8 Å². The lowest BCUT2D eigenvalue weighted by Gasteiger charge is -2.34. The molecule has 1 aromatic rings. The maximum Gasteiger partial charge on any atom is 0.238 e. The van der Waals surface area contributed by atoms with Crippen molar-refractivity contribution in [1.29, 1.82) is 0 Å². The normalized spacial score (nSPS) is 20.1. The molecule has 0 bridgehead atoms. The second-order valence-electron chi connectivity index (χ2n) is 8.03. The van der Waals surface area contributed by atoms with Gasteiger partial charge in [-0.15, -0.1) is 0 Å². The monoisotopic (exact) mass is 435 g/mol. The fourth-order valence-corrected chi connectivity index (χ4v) is 6.83. The summed E-state index contributed by atoms with van der Waals surface area (Å²) in [6.07, 6.45) is 5.38. The number of carbonyl (C=O) groups is 2. The first-order chi connectivity index (χ1) is 14.0. The number of carbonyl (C=O) groups excluding carboxylic acids is 2. The van der Waals surface area contributed by atoms with Gasteiger partial charge < -0.3 is 10.2 Å². The van der Waals surface area contributed by atoms with E-state index < -0.39 is 0 Å². The van der Waals surface area contributed by atoms with Crippen LogP contribution in [0.15, 0.2) is 18.2 Å². The fourth-order valence-electron chi connectivity index (χ4n) is 3.81. The second-order valence-corrected chi connectivity index (χ2v) is 10.8. The Labute approximate surface area is 182 Å². The van der Waals surface area contributed by atoms with Gasteiger partial charge in [-0.3, -0.25) is 14.5 Å². The van der Waals surface area contributed by atoms with Crippen molar-refractivity contribution in [2.45, 2.75) is 51.2 Å². The average molecular weight is 436 g/mol. The van der Waals surface area contributed by atoms with Gasteiger partial charge in [0, 0.05) is 49.3 Å². The first-order valence-corrected chi connectivity index (χ1v) is 13.1. The number of piperazine rings is 1. The molecule has 2 aliphatic rings. The van der Waals surface area contributed by atoms with E-state index in [0.29, 0.717) is 13.0 Å². The Morgan fingerprint density at radius 3 is 2.66 bits per heavy atom. The molecule has 1 atom stereocenters. The van der Waals surface area contributed by atoms with Crippen molar-refractivity contribution in [3.8, 4) is 0 Å². The van der Waals surface area contributed by atoms with Crippen molar-refractivity contribution in [3.05, 3.63) is 29.3 Å². The zero-order chi connectivity index (χ0) is 20.6. The number of hydrogen-bond donors (Lipinski definition) is 1. The number of unbranched alkanes of at least 4 members (excludes halogenated alkanes) is 1. The molecule has 2 saturated heterocycles. The van der Waals surface area contributed by atoms with Crippen LogP contribution in [0.3, 0.4) is 0 Å². The molecule has 29 heavy (non-hydrogen) atoms. The fraction of sp³-hybridized carbons (Fsp3) is 0.636. The highest BCUT2D eigenvalue weighted by molar-refractivity contribution is 8.77. The van der Waals surface area contributed by atoms with Gasteiger partial charge in [-0.1, -0.05) is 40.1 Å². The zero-order valence-corrected chi connectivity index (χ0v) is 19.2. The largest absolute Gasteiger partial charge is 0.340 e. The molecule has 0 spiro atoms. The van der Waals surface area contributed by atoms with Gasteiger partial charge in [0.15, 0.2) is 0 Å². The number of nitrogens with one attached hydrogen (secondary N) is 1. The Kier molecular flexibility index (Phi) is 8.75. The molecule has 3 rings (SSSR count). The third-order valence-corrected chi connectivity index (χ3v) is 8.87. The summed E-state index contributed by atoms with van der Waals surface area (Å²) in [5, 5.41) is 3.82. The SMILES string of the molecule is Cc1cccc(NC(=O)CN2CCN(C(=O)CCCCC3CCSS3)CC2)c1C. The molecule has 2 heterocycles. The molecule has 1 unspecified atom stereocenters. The predicted octanol–water partition coefficient (Wildman–Crippen LogP) is 4.10. The van der Waals surface area contributed by atoms with Gasteiger partial charge in [0.05, 0.1) is 6.54 Å². The number of rotatable bonds is 8. The molecule has 2 aliphatic heterocycles. The lowest BCUT2D eigenvalue weighted by molar-refractivity contribution is -0.133. The highest BCUT2D eigenvalue weighted by Gasteiger charge is 2.22. The van der Waals surface area contributed by atoms with Crippen LogP contribution < -0.4 is 5.32 Å². The Hall–Kier alpha value is -1.18. The van der Waals surface area contributed by atoms with E-state index in [1.54, 1.807) is 0 Å². The Balaban J connectivity index is 1.32. The van der Waals surface area contributed by atoms with Gasteiger partial charge in [-0.05, 0) is 50.3 Å². The summed E-state index contributed by atoms with van der Waals surface area (Å²) in [6.45, 7) is 7.45. The van der Waals surface area contributed by atoms with Crippen LogP contribution in [0.4, 0.5) is 5.69 Å².